The van der Waals surface area contributed by atoms with Crippen molar-refractivity contribution < 1.29 is 19.1 Å². The van der Waals surface area contributed by atoms with Gasteiger partial charge in [-0.2, -0.15) is 0 Å². The molecule has 1 aliphatic carbocycles. The Bertz CT molecular complexity index is 882. The highest BCUT2D eigenvalue weighted by atomic mass is 19.1. The van der Waals surface area contributed by atoms with Gasteiger partial charge in [0.15, 0.2) is 0 Å². The van der Waals surface area contributed by atoms with Crippen molar-refractivity contribution in [2.24, 2.45) is 11.8 Å². The molecular formula is C19H19FN2O3. The van der Waals surface area contributed by atoms with Crippen molar-refractivity contribution in [1.29, 1.82) is 0 Å². The van der Waals surface area contributed by atoms with Crippen LogP contribution in [0.4, 0.5) is 4.39 Å². The minimum absolute atomic E-state index is 0.0456. The van der Waals surface area contributed by atoms with Gasteiger partial charge >= 0.3 is 5.97 Å². The van der Waals surface area contributed by atoms with Crippen LogP contribution in [0, 0.1) is 24.6 Å². The zero-order chi connectivity index (χ0) is 17.7. The molecular weight excluding hydrogens is 323 g/mol. The van der Waals surface area contributed by atoms with E-state index in [1.807, 2.05) is 0 Å². The number of fused-ring (bicyclic) bond motifs is 2. The Morgan fingerprint density at radius 1 is 1.28 bits per heavy atom. The summed E-state index contributed by atoms with van der Waals surface area (Å²) < 4.78 is 13.4. The van der Waals surface area contributed by atoms with Crippen LogP contribution in [0.3, 0.4) is 0 Å². The molecule has 2 fully saturated rings. The maximum atomic E-state index is 13.4. The van der Waals surface area contributed by atoms with Crippen molar-refractivity contribution in [2.75, 3.05) is 6.54 Å². The Kier molecular flexibility index (Phi) is 3.71. The van der Waals surface area contributed by atoms with Gasteiger partial charge in [0.2, 0.25) is 0 Å². The number of likely N-dealkylation sites (tertiary alicyclic amines) is 1. The molecule has 2 aromatic rings. The quantitative estimate of drug-likeness (QED) is 0.911. The Morgan fingerprint density at radius 2 is 2.08 bits per heavy atom. The highest BCUT2D eigenvalue weighted by Gasteiger charge is 2.49. The SMILES string of the molecule is Cc1nc2cc(F)ccc2cc1C(=O)N1C[C@@H]2CCC[C@@H]2[C@H]1C(=O)O. The lowest BCUT2D eigenvalue weighted by Gasteiger charge is -2.25. The molecule has 0 unspecified atom stereocenters. The molecule has 0 bridgehead atoms. The summed E-state index contributed by atoms with van der Waals surface area (Å²) in [6.07, 6.45) is 2.87. The number of carbonyl (C=O) groups is 2. The number of benzene rings is 1. The van der Waals surface area contributed by atoms with Crippen LogP contribution < -0.4 is 0 Å². The number of aryl methyl sites for hydroxylation is 1. The molecule has 0 spiro atoms. The summed E-state index contributed by atoms with van der Waals surface area (Å²) in [5.41, 5.74) is 1.37. The van der Waals surface area contributed by atoms with E-state index in [0.29, 0.717) is 28.7 Å². The Hall–Kier alpha value is -2.50. The van der Waals surface area contributed by atoms with E-state index < -0.39 is 12.0 Å². The van der Waals surface area contributed by atoms with Crippen molar-refractivity contribution in [3.8, 4) is 0 Å². The number of halogens is 1. The number of aliphatic carboxylic acids is 1. The zero-order valence-electron chi connectivity index (χ0n) is 13.9. The molecule has 1 saturated heterocycles. The molecule has 130 valence electrons. The van der Waals surface area contributed by atoms with Crippen LogP contribution in [0.5, 0.6) is 0 Å². The van der Waals surface area contributed by atoms with Gasteiger partial charge < -0.3 is 10.0 Å². The van der Waals surface area contributed by atoms with Crippen LogP contribution in [-0.4, -0.2) is 39.5 Å². The number of carboxylic acids is 1. The lowest BCUT2D eigenvalue weighted by molar-refractivity contribution is -0.142. The number of hydrogen-bond donors (Lipinski definition) is 1. The first kappa shape index (κ1) is 16.0. The summed E-state index contributed by atoms with van der Waals surface area (Å²) in [5, 5.41) is 10.3. The van der Waals surface area contributed by atoms with Gasteiger partial charge in [-0.15, -0.1) is 0 Å². The van der Waals surface area contributed by atoms with E-state index in [0.717, 1.165) is 19.3 Å². The van der Waals surface area contributed by atoms with Crippen molar-refractivity contribution in [3.05, 3.63) is 41.3 Å². The Morgan fingerprint density at radius 3 is 2.84 bits per heavy atom. The summed E-state index contributed by atoms with van der Waals surface area (Å²) in [5.74, 6) is -1.29. The predicted molar refractivity (Wildman–Crippen MR) is 89.7 cm³/mol. The van der Waals surface area contributed by atoms with E-state index in [-0.39, 0.29) is 23.6 Å². The molecule has 0 radical (unpaired) electrons. The third kappa shape index (κ3) is 2.56. The molecule has 4 rings (SSSR count). The number of hydrogen-bond acceptors (Lipinski definition) is 3. The Labute approximate surface area is 144 Å². The fraction of sp³-hybridized carbons (Fsp3) is 0.421. The second kappa shape index (κ2) is 5.79. The smallest absolute Gasteiger partial charge is 0.326 e. The number of carbonyl (C=O) groups excluding carboxylic acids is 1. The van der Waals surface area contributed by atoms with E-state index in [2.05, 4.69) is 4.98 Å². The Balaban J connectivity index is 1.73. The first-order valence-corrected chi connectivity index (χ1v) is 8.56. The number of nitrogens with zero attached hydrogens (tertiary/aromatic N) is 2. The number of pyridine rings is 1. The molecule has 5 nitrogen and oxygen atoms in total. The minimum atomic E-state index is -0.934. The highest BCUT2D eigenvalue weighted by Crippen LogP contribution is 2.42. The van der Waals surface area contributed by atoms with E-state index in [4.69, 9.17) is 0 Å². The monoisotopic (exact) mass is 342 g/mol. The van der Waals surface area contributed by atoms with Crippen LogP contribution in [0.1, 0.15) is 35.3 Å². The maximum absolute atomic E-state index is 13.4. The molecule has 6 heteroatoms. The highest BCUT2D eigenvalue weighted by molar-refractivity contribution is 6.00. The second-order valence-electron chi connectivity index (χ2n) is 7.05. The summed E-state index contributed by atoms with van der Waals surface area (Å²) in [6, 6.07) is 5.17. The molecule has 1 N–H and O–H groups in total. The van der Waals surface area contributed by atoms with Crippen LogP contribution in [-0.2, 0) is 4.79 Å². The van der Waals surface area contributed by atoms with Crippen LogP contribution >= 0.6 is 0 Å². The van der Waals surface area contributed by atoms with Gasteiger partial charge in [0.25, 0.3) is 5.91 Å². The zero-order valence-corrected chi connectivity index (χ0v) is 13.9. The normalized spacial score (nSPS) is 25.4. The first-order valence-electron chi connectivity index (χ1n) is 8.56. The predicted octanol–water partition coefficient (Wildman–Crippen LogP) is 3.01. The summed E-state index contributed by atoms with van der Waals surface area (Å²) in [7, 11) is 0. The van der Waals surface area contributed by atoms with Gasteiger partial charge in [0, 0.05) is 18.0 Å². The van der Waals surface area contributed by atoms with Crippen molar-refractivity contribution >= 4 is 22.8 Å². The van der Waals surface area contributed by atoms with E-state index in [1.54, 1.807) is 19.1 Å². The number of rotatable bonds is 2. The van der Waals surface area contributed by atoms with Gasteiger partial charge in [0.1, 0.15) is 11.9 Å². The number of carboxylic acid groups (broad SMARTS) is 1. The summed E-state index contributed by atoms with van der Waals surface area (Å²) >= 11 is 0. The van der Waals surface area contributed by atoms with Crippen molar-refractivity contribution in [1.82, 2.24) is 9.88 Å². The standard InChI is InChI=1S/C19H19FN2O3/c1-10-15(7-11-5-6-13(20)8-16(11)21-10)18(23)22-9-12-3-2-4-14(12)17(22)19(24)25/h5-8,12,14,17H,2-4,9H2,1H3,(H,24,25)/t12-,14-,17-/m0/s1. The first-order chi connectivity index (χ1) is 12.0. The lowest BCUT2D eigenvalue weighted by Crippen LogP contribution is -2.43. The van der Waals surface area contributed by atoms with E-state index >= 15 is 0 Å². The number of amides is 1. The fourth-order valence-electron chi connectivity index (χ4n) is 4.44. The van der Waals surface area contributed by atoms with Gasteiger partial charge in [0.05, 0.1) is 16.8 Å². The molecule has 2 aliphatic rings. The van der Waals surface area contributed by atoms with Gasteiger partial charge in [-0.05, 0) is 49.8 Å². The minimum Gasteiger partial charge on any atom is -0.480 e. The van der Waals surface area contributed by atoms with E-state index in [9.17, 15) is 19.1 Å². The van der Waals surface area contributed by atoms with Gasteiger partial charge in [-0.25, -0.2) is 9.18 Å². The molecule has 1 aromatic heterocycles. The molecule has 25 heavy (non-hydrogen) atoms. The van der Waals surface area contributed by atoms with Gasteiger partial charge in [-0.1, -0.05) is 6.42 Å². The molecule has 2 heterocycles. The molecule has 3 atom stereocenters. The van der Waals surface area contributed by atoms with Gasteiger partial charge in [-0.3, -0.25) is 9.78 Å². The molecule has 1 aliphatic heterocycles. The summed E-state index contributed by atoms with van der Waals surface area (Å²) in [4.78, 5) is 30.7. The topological polar surface area (TPSA) is 70.5 Å². The summed E-state index contributed by atoms with van der Waals surface area (Å²) in [6.45, 7) is 2.19. The fourth-order valence-corrected chi connectivity index (χ4v) is 4.44. The lowest BCUT2D eigenvalue weighted by atomic mass is 9.94. The average molecular weight is 342 g/mol. The molecule has 1 amide bonds. The third-order valence-electron chi connectivity index (χ3n) is 5.60. The van der Waals surface area contributed by atoms with Crippen molar-refractivity contribution in [2.45, 2.75) is 32.2 Å². The third-order valence-corrected chi connectivity index (χ3v) is 5.60. The maximum Gasteiger partial charge on any atom is 0.326 e. The number of aromatic nitrogens is 1. The van der Waals surface area contributed by atoms with Crippen LogP contribution in [0.25, 0.3) is 10.9 Å². The molecule has 1 saturated carbocycles. The van der Waals surface area contributed by atoms with Crippen LogP contribution in [0.2, 0.25) is 0 Å². The van der Waals surface area contributed by atoms with E-state index in [1.165, 1.54) is 17.0 Å². The van der Waals surface area contributed by atoms with Crippen molar-refractivity contribution in [3.63, 3.8) is 0 Å². The largest absolute Gasteiger partial charge is 0.480 e. The second-order valence-corrected chi connectivity index (χ2v) is 7.05. The average Bonchev–Trinajstić information content (AvgIpc) is 3.13. The van der Waals surface area contributed by atoms with Crippen LogP contribution in [0.15, 0.2) is 24.3 Å². The molecule has 1 aromatic carbocycles.